The molecule has 0 heterocycles. The molecule has 10 aromatic rings. The summed E-state index contributed by atoms with van der Waals surface area (Å²) in [6.45, 7) is 17.4. The summed E-state index contributed by atoms with van der Waals surface area (Å²) in [6.07, 6.45) is 8.11. The van der Waals surface area contributed by atoms with Gasteiger partial charge in [0.15, 0.2) is 0 Å². The Balaban J connectivity index is 0.000000137. The van der Waals surface area contributed by atoms with E-state index in [0.29, 0.717) is 0 Å². The van der Waals surface area contributed by atoms with Crippen LogP contribution in [0.5, 0.6) is 0 Å². The molecule has 11 rings (SSSR count). The zero-order valence-electron chi connectivity index (χ0n) is 45.0. The lowest BCUT2D eigenvalue weighted by Crippen LogP contribution is -2.15. The van der Waals surface area contributed by atoms with E-state index in [9.17, 15) is 0 Å². The fourth-order valence-corrected chi connectivity index (χ4v) is 9.89. The first-order chi connectivity index (χ1) is 36.5. The largest absolute Gasteiger partial charge is 0.398 e. The summed E-state index contributed by atoms with van der Waals surface area (Å²) in [5.74, 6) is 0. The molecule has 0 amide bonds. The number of unbranched alkanes of at least 4 members (excludes halogenated alkanes) is 1. The zero-order chi connectivity index (χ0) is 52.6. The van der Waals surface area contributed by atoms with Gasteiger partial charge < -0.3 is 5.73 Å². The van der Waals surface area contributed by atoms with Crippen LogP contribution in [0.25, 0.3) is 66.6 Å². The number of hydrogen-bond acceptors (Lipinski definition) is 1. The summed E-state index contributed by atoms with van der Waals surface area (Å²) in [6, 6.07) is 86.0. The highest BCUT2D eigenvalue weighted by atomic mass is 14.6. The average Bonchev–Trinajstić information content (AvgIpc) is 3.69. The number of benzene rings is 10. The Kier molecular flexibility index (Phi) is 18.1. The third kappa shape index (κ3) is 13.7. The second-order valence-corrected chi connectivity index (χ2v) is 20.3. The van der Waals surface area contributed by atoms with Crippen molar-refractivity contribution in [2.24, 2.45) is 5.73 Å². The Labute approximate surface area is 448 Å². The van der Waals surface area contributed by atoms with Crippen molar-refractivity contribution in [1.82, 2.24) is 0 Å². The summed E-state index contributed by atoms with van der Waals surface area (Å²) in [4.78, 5) is 0. The van der Waals surface area contributed by atoms with E-state index in [0.717, 1.165) is 22.4 Å². The third-order valence-corrected chi connectivity index (χ3v) is 14.3. The Hall–Kier alpha value is -8.26. The molecule has 10 aromatic carbocycles. The van der Waals surface area contributed by atoms with E-state index in [1.807, 2.05) is 30.3 Å². The Morgan fingerprint density at radius 2 is 0.920 bits per heavy atom. The molecule has 0 saturated heterocycles. The van der Waals surface area contributed by atoms with E-state index in [4.69, 9.17) is 5.73 Å². The van der Waals surface area contributed by atoms with Crippen LogP contribution in [-0.2, 0) is 18.3 Å². The SMILES string of the molecule is C=C(/C=C(\N)c1ccc2c(c1)C(C)(C)c1ccccc1-2)c1ccccc1.CCCCc1ccc(-c2ccc(C)cc2)cc1.CCCc1cccc2ccccc12.Cc1ccc(-c2ccc(-c3ccccc3)cc2)cc1. The number of hydrogen-bond donors (Lipinski definition) is 1. The van der Waals surface area contributed by atoms with Crippen molar-refractivity contribution in [3.8, 4) is 44.5 Å². The molecule has 1 aliphatic rings. The quantitative estimate of drug-likeness (QED) is 0.128. The molecule has 1 nitrogen and oxygen atoms in total. The van der Waals surface area contributed by atoms with Crippen LogP contribution < -0.4 is 5.73 Å². The highest BCUT2D eigenvalue weighted by molar-refractivity contribution is 5.87. The predicted octanol–water partition coefficient (Wildman–Crippen LogP) is 20.1. The normalized spacial score (nSPS) is 11.9. The minimum Gasteiger partial charge on any atom is -0.398 e. The molecule has 0 fully saturated rings. The van der Waals surface area contributed by atoms with Gasteiger partial charge in [-0.25, -0.2) is 0 Å². The molecular weight excluding hydrogens is 903 g/mol. The molecule has 0 bridgehead atoms. The summed E-state index contributed by atoms with van der Waals surface area (Å²) in [5.41, 5.74) is 28.7. The van der Waals surface area contributed by atoms with Crippen molar-refractivity contribution in [3.05, 3.63) is 300 Å². The lowest BCUT2D eigenvalue weighted by Gasteiger charge is -2.22. The first kappa shape index (κ1) is 53.0. The number of aryl methyl sites for hydroxylation is 4. The third-order valence-electron chi connectivity index (χ3n) is 14.3. The summed E-state index contributed by atoms with van der Waals surface area (Å²) in [5, 5.41) is 2.76. The van der Waals surface area contributed by atoms with E-state index in [2.05, 4.69) is 267 Å². The molecule has 1 heteroatoms. The highest BCUT2D eigenvalue weighted by Gasteiger charge is 2.35. The molecule has 0 aromatic heterocycles. The molecule has 0 radical (unpaired) electrons. The van der Waals surface area contributed by atoms with Gasteiger partial charge in [-0.2, -0.15) is 0 Å². The Morgan fingerprint density at radius 1 is 0.440 bits per heavy atom. The minimum absolute atomic E-state index is 0.0152. The van der Waals surface area contributed by atoms with Crippen LogP contribution in [0, 0.1) is 13.8 Å². The van der Waals surface area contributed by atoms with E-state index < -0.39 is 0 Å². The summed E-state index contributed by atoms with van der Waals surface area (Å²) in [7, 11) is 0. The van der Waals surface area contributed by atoms with Gasteiger partial charge >= 0.3 is 0 Å². The van der Waals surface area contributed by atoms with Crippen LogP contribution in [-0.4, -0.2) is 0 Å². The van der Waals surface area contributed by atoms with E-state index in [1.165, 1.54) is 121 Å². The molecule has 0 unspecified atom stereocenters. The molecule has 0 aliphatic heterocycles. The number of allylic oxidation sites excluding steroid dienone is 2. The zero-order valence-corrected chi connectivity index (χ0v) is 45.0. The Bertz CT molecular complexity index is 3430. The van der Waals surface area contributed by atoms with Gasteiger partial charge in [-0.1, -0.05) is 295 Å². The topological polar surface area (TPSA) is 26.0 Å². The van der Waals surface area contributed by atoms with Gasteiger partial charge in [0.05, 0.1) is 0 Å². The fraction of sp³-hybridized carbons (Fsp3) is 0.162. The maximum Gasteiger partial charge on any atom is 0.0393 e. The van der Waals surface area contributed by atoms with Gasteiger partial charge in [-0.15, -0.1) is 0 Å². The van der Waals surface area contributed by atoms with Gasteiger partial charge in [0, 0.05) is 11.1 Å². The van der Waals surface area contributed by atoms with Gasteiger partial charge in [-0.05, 0) is 139 Å². The molecular formula is C74H73N. The lowest BCUT2D eigenvalue weighted by molar-refractivity contribution is 0.660. The standard InChI is InChI=1S/C25H23N.C19H16.C17H20.C13H14/c1-17(18-9-5-4-6-10-18)15-24(26)19-13-14-21-20-11-7-8-12-22(20)25(2,3)23(21)16-19;1-15-7-9-17(10-8-15)19-13-11-18(12-14-19)16-5-3-2-4-6-16;1-3-4-5-15-8-12-17(13-9-15)16-10-6-14(2)7-11-16;1-2-6-11-8-5-9-12-7-3-4-10-13(11)12/h4-16H,1,26H2,2-3H3;2-14H,1H3;6-13H,3-5H2,1-2H3;3-5,7-10H,2,6H2,1H3/b24-15-;;;. The van der Waals surface area contributed by atoms with Crippen LogP contribution >= 0.6 is 0 Å². The van der Waals surface area contributed by atoms with Gasteiger partial charge in [-0.3, -0.25) is 0 Å². The van der Waals surface area contributed by atoms with E-state index in [1.54, 1.807) is 0 Å². The molecule has 374 valence electrons. The summed E-state index contributed by atoms with van der Waals surface area (Å²) >= 11 is 0. The highest BCUT2D eigenvalue weighted by Crippen LogP contribution is 2.49. The average molecular weight is 976 g/mol. The monoisotopic (exact) mass is 976 g/mol. The van der Waals surface area contributed by atoms with Crippen molar-refractivity contribution in [1.29, 1.82) is 0 Å². The maximum absolute atomic E-state index is 6.42. The molecule has 0 saturated carbocycles. The maximum atomic E-state index is 6.42. The van der Waals surface area contributed by atoms with Gasteiger partial charge in [0.2, 0.25) is 0 Å². The van der Waals surface area contributed by atoms with Crippen LogP contribution in [0.15, 0.2) is 255 Å². The van der Waals surface area contributed by atoms with Gasteiger partial charge in [0.1, 0.15) is 0 Å². The second-order valence-electron chi connectivity index (χ2n) is 20.3. The van der Waals surface area contributed by atoms with Crippen molar-refractivity contribution >= 4 is 22.0 Å². The minimum atomic E-state index is -0.0152. The van der Waals surface area contributed by atoms with Crippen molar-refractivity contribution in [3.63, 3.8) is 0 Å². The molecule has 2 N–H and O–H groups in total. The number of rotatable bonds is 11. The lowest BCUT2D eigenvalue weighted by atomic mass is 9.82. The van der Waals surface area contributed by atoms with E-state index >= 15 is 0 Å². The molecule has 0 spiro atoms. The predicted molar refractivity (Wildman–Crippen MR) is 327 cm³/mol. The van der Waals surface area contributed by atoms with E-state index in [-0.39, 0.29) is 5.41 Å². The molecule has 0 atom stereocenters. The van der Waals surface area contributed by atoms with Crippen LogP contribution in [0.3, 0.4) is 0 Å². The van der Waals surface area contributed by atoms with Crippen LogP contribution in [0.1, 0.15) is 91.5 Å². The van der Waals surface area contributed by atoms with Gasteiger partial charge in [0.25, 0.3) is 0 Å². The Morgan fingerprint density at radius 3 is 1.51 bits per heavy atom. The molecule has 1 aliphatic carbocycles. The summed E-state index contributed by atoms with van der Waals surface area (Å²) < 4.78 is 0. The van der Waals surface area contributed by atoms with Crippen molar-refractivity contribution < 1.29 is 0 Å². The van der Waals surface area contributed by atoms with Crippen molar-refractivity contribution in [2.45, 2.75) is 79.1 Å². The number of nitrogens with two attached hydrogens (primary N) is 1. The smallest absolute Gasteiger partial charge is 0.0393 e. The van der Waals surface area contributed by atoms with Crippen LogP contribution in [0.4, 0.5) is 0 Å². The molecule has 75 heavy (non-hydrogen) atoms. The number of fused-ring (bicyclic) bond motifs is 4. The first-order valence-electron chi connectivity index (χ1n) is 26.8. The van der Waals surface area contributed by atoms with Crippen molar-refractivity contribution in [2.75, 3.05) is 0 Å². The fourth-order valence-electron chi connectivity index (χ4n) is 9.89. The first-order valence-corrected chi connectivity index (χ1v) is 26.8. The van der Waals surface area contributed by atoms with Crippen LogP contribution in [0.2, 0.25) is 0 Å². The second kappa shape index (κ2) is 25.6.